The van der Waals surface area contributed by atoms with E-state index in [4.69, 9.17) is 23.2 Å². The van der Waals surface area contributed by atoms with Crippen LogP contribution in [-0.4, -0.2) is 10.8 Å². The van der Waals surface area contributed by atoms with E-state index in [2.05, 4.69) is 15.9 Å². The van der Waals surface area contributed by atoms with Gasteiger partial charge in [-0.15, -0.1) is 0 Å². The standard InChI is InChI=1S/C21H14BrCl2NO/c22-16-5-3-4-14(12-16)13-25-20(26)18-6-1-2-7-19(18)21(25,24)15-8-10-17(23)11-9-15/h1-12H,13H2. The van der Waals surface area contributed by atoms with Crippen molar-refractivity contribution in [3.63, 3.8) is 0 Å². The van der Waals surface area contributed by atoms with Crippen LogP contribution in [0.1, 0.15) is 27.0 Å². The smallest absolute Gasteiger partial charge is 0.256 e. The average molecular weight is 447 g/mol. The van der Waals surface area contributed by atoms with Crippen LogP contribution in [0.2, 0.25) is 5.02 Å². The number of amides is 1. The number of hydrogen-bond acceptors (Lipinski definition) is 1. The van der Waals surface area contributed by atoms with E-state index in [0.29, 0.717) is 17.1 Å². The highest BCUT2D eigenvalue weighted by molar-refractivity contribution is 9.10. The summed E-state index contributed by atoms with van der Waals surface area (Å²) < 4.78 is 0.964. The molecule has 0 bridgehead atoms. The fourth-order valence-electron chi connectivity index (χ4n) is 3.37. The maximum Gasteiger partial charge on any atom is 0.256 e. The third-order valence-electron chi connectivity index (χ3n) is 4.59. The summed E-state index contributed by atoms with van der Waals surface area (Å²) >= 11 is 16.7. The average Bonchev–Trinajstić information content (AvgIpc) is 2.86. The van der Waals surface area contributed by atoms with Gasteiger partial charge in [0, 0.05) is 27.2 Å². The molecule has 0 aromatic heterocycles. The highest BCUT2D eigenvalue weighted by Crippen LogP contribution is 2.48. The molecule has 5 heteroatoms. The van der Waals surface area contributed by atoms with Crippen LogP contribution < -0.4 is 0 Å². The number of halogens is 3. The van der Waals surface area contributed by atoms with Gasteiger partial charge >= 0.3 is 0 Å². The number of alkyl halides is 1. The SMILES string of the molecule is O=C1c2ccccc2C(Cl)(c2ccc(Cl)cc2)N1Cc1cccc(Br)c1. The number of nitrogens with zero attached hydrogens (tertiary/aromatic N) is 1. The van der Waals surface area contributed by atoms with Crippen molar-refractivity contribution >= 4 is 45.0 Å². The molecular weight excluding hydrogens is 433 g/mol. The molecule has 4 rings (SSSR count). The maximum atomic E-state index is 13.1. The Hall–Kier alpha value is -1.81. The Balaban J connectivity index is 1.86. The predicted molar refractivity (Wildman–Crippen MR) is 109 cm³/mol. The zero-order chi connectivity index (χ0) is 18.3. The van der Waals surface area contributed by atoms with Crippen LogP contribution in [0.5, 0.6) is 0 Å². The molecule has 1 unspecified atom stereocenters. The lowest BCUT2D eigenvalue weighted by Gasteiger charge is -2.34. The van der Waals surface area contributed by atoms with Gasteiger partial charge in [-0.25, -0.2) is 0 Å². The third-order valence-corrected chi connectivity index (χ3v) is 5.96. The fraction of sp³-hybridized carbons (Fsp3) is 0.0952. The van der Waals surface area contributed by atoms with E-state index in [-0.39, 0.29) is 5.91 Å². The van der Waals surface area contributed by atoms with Crippen LogP contribution in [-0.2, 0) is 11.5 Å². The molecule has 0 spiro atoms. The molecule has 2 nitrogen and oxygen atoms in total. The summed E-state index contributed by atoms with van der Waals surface area (Å²) in [6.45, 7) is 0.402. The van der Waals surface area contributed by atoms with Crippen molar-refractivity contribution in [1.29, 1.82) is 0 Å². The van der Waals surface area contributed by atoms with Gasteiger partial charge in [0.05, 0.1) is 0 Å². The molecule has 1 aliphatic heterocycles. The summed E-state index contributed by atoms with van der Waals surface area (Å²) in [5, 5.41) is 0.630. The van der Waals surface area contributed by atoms with Crippen molar-refractivity contribution in [3.05, 3.63) is 105 Å². The monoisotopic (exact) mass is 445 g/mol. The van der Waals surface area contributed by atoms with Gasteiger partial charge in [0.15, 0.2) is 5.00 Å². The molecule has 0 radical (unpaired) electrons. The minimum Gasteiger partial charge on any atom is -0.307 e. The predicted octanol–water partition coefficient (Wildman–Crippen LogP) is 6.20. The van der Waals surface area contributed by atoms with Crippen molar-refractivity contribution < 1.29 is 4.79 Å². The summed E-state index contributed by atoms with van der Waals surface area (Å²) in [6.07, 6.45) is 0. The Bertz CT molecular complexity index is 989. The van der Waals surface area contributed by atoms with Gasteiger partial charge in [0.25, 0.3) is 5.91 Å². The van der Waals surface area contributed by atoms with Crippen LogP contribution in [0.3, 0.4) is 0 Å². The minimum absolute atomic E-state index is 0.0782. The van der Waals surface area contributed by atoms with E-state index < -0.39 is 5.00 Å². The summed E-state index contributed by atoms with van der Waals surface area (Å²) in [4.78, 5) is 13.8. The molecular formula is C21H14BrCl2NO. The molecule has 26 heavy (non-hydrogen) atoms. The topological polar surface area (TPSA) is 20.3 Å². The van der Waals surface area contributed by atoms with Crippen molar-refractivity contribution in [2.75, 3.05) is 0 Å². The van der Waals surface area contributed by atoms with Crippen LogP contribution >= 0.6 is 39.1 Å². The lowest BCUT2D eigenvalue weighted by molar-refractivity contribution is 0.0702. The lowest BCUT2D eigenvalue weighted by atomic mass is 9.97. The van der Waals surface area contributed by atoms with Crippen LogP contribution in [0.4, 0.5) is 0 Å². The zero-order valence-corrected chi connectivity index (χ0v) is 16.7. The second-order valence-electron chi connectivity index (χ2n) is 6.20. The van der Waals surface area contributed by atoms with Gasteiger partial charge in [0.2, 0.25) is 0 Å². The van der Waals surface area contributed by atoms with Crippen LogP contribution in [0, 0.1) is 0 Å². The second kappa shape index (κ2) is 6.73. The third kappa shape index (κ3) is 2.84. The molecule has 1 amide bonds. The first-order chi connectivity index (χ1) is 12.5. The first-order valence-electron chi connectivity index (χ1n) is 8.11. The van der Waals surface area contributed by atoms with E-state index in [1.165, 1.54) is 0 Å². The molecule has 3 aromatic rings. The minimum atomic E-state index is -1.07. The van der Waals surface area contributed by atoms with Crippen molar-refractivity contribution in [2.24, 2.45) is 0 Å². The molecule has 3 aromatic carbocycles. The Labute approximate surface area is 170 Å². The largest absolute Gasteiger partial charge is 0.307 e. The normalized spacial score (nSPS) is 18.9. The van der Waals surface area contributed by atoms with Crippen molar-refractivity contribution in [1.82, 2.24) is 4.90 Å². The Morgan fingerprint density at radius 3 is 2.42 bits per heavy atom. The zero-order valence-electron chi connectivity index (χ0n) is 13.6. The molecule has 0 aliphatic carbocycles. The van der Waals surface area contributed by atoms with Gasteiger partial charge < -0.3 is 4.90 Å². The first kappa shape index (κ1) is 17.6. The van der Waals surface area contributed by atoms with Crippen molar-refractivity contribution in [2.45, 2.75) is 11.5 Å². The van der Waals surface area contributed by atoms with E-state index in [9.17, 15) is 4.79 Å². The number of rotatable bonds is 3. The van der Waals surface area contributed by atoms with E-state index >= 15 is 0 Å². The van der Waals surface area contributed by atoms with Crippen LogP contribution in [0.25, 0.3) is 0 Å². The Morgan fingerprint density at radius 1 is 0.962 bits per heavy atom. The molecule has 1 atom stereocenters. The molecule has 1 aliphatic rings. The second-order valence-corrected chi connectivity index (χ2v) is 8.09. The van der Waals surface area contributed by atoms with Gasteiger partial charge in [0.1, 0.15) is 0 Å². The van der Waals surface area contributed by atoms with Gasteiger partial charge in [-0.3, -0.25) is 4.79 Å². The van der Waals surface area contributed by atoms with Gasteiger partial charge in [-0.05, 0) is 41.5 Å². The molecule has 0 fully saturated rings. The quantitative estimate of drug-likeness (QED) is 0.346. The number of benzene rings is 3. The maximum absolute atomic E-state index is 13.1. The molecule has 130 valence electrons. The van der Waals surface area contributed by atoms with Gasteiger partial charge in [-0.2, -0.15) is 0 Å². The fourth-order valence-corrected chi connectivity index (χ4v) is 4.37. The summed E-state index contributed by atoms with van der Waals surface area (Å²) in [7, 11) is 0. The number of fused-ring (bicyclic) bond motifs is 1. The number of carbonyl (C=O) groups excluding carboxylic acids is 1. The summed E-state index contributed by atoms with van der Waals surface area (Å²) in [6, 6.07) is 22.7. The Morgan fingerprint density at radius 2 is 1.69 bits per heavy atom. The highest BCUT2D eigenvalue weighted by atomic mass is 79.9. The lowest BCUT2D eigenvalue weighted by Crippen LogP contribution is -2.39. The Kier molecular flexibility index (Phi) is 4.55. The van der Waals surface area contributed by atoms with Crippen LogP contribution in [0.15, 0.2) is 77.3 Å². The molecule has 0 N–H and O–H groups in total. The number of hydrogen-bond donors (Lipinski definition) is 0. The summed E-state index contributed by atoms with van der Waals surface area (Å²) in [5.41, 5.74) is 3.24. The summed E-state index contributed by atoms with van der Waals surface area (Å²) in [5.74, 6) is -0.0782. The molecule has 1 heterocycles. The van der Waals surface area contributed by atoms with E-state index in [1.54, 1.807) is 17.0 Å². The first-order valence-corrected chi connectivity index (χ1v) is 9.66. The number of carbonyl (C=O) groups is 1. The van der Waals surface area contributed by atoms with Crippen molar-refractivity contribution in [3.8, 4) is 0 Å². The van der Waals surface area contributed by atoms with Gasteiger partial charge in [-0.1, -0.05) is 81.6 Å². The molecule has 0 saturated heterocycles. The van der Waals surface area contributed by atoms with E-state index in [1.807, 2.05) is 60.7 Å². The van der Waals surface area contributed by atoms with E-state index in [0.717, 1.165) is 21.2 Å². The molecule has 0 saturated carbocycles. The highest BCUT2D eigenvalue weighted by Gasteiger charge is 2.49.